The van der Waals surface area contributed by atoms with E-state index in [1.807, 2.05) is 13.1 Å². The third-order valence-electron chi connectivity index (χ3n) is 4.66. The van der Waals surface area contributed by atoms with Gasteiger partial charge in [0, 0.05) is 12.3 Å². The van der Waals surface area contributed by atoms with E-state index < -0.39 is 17.6 Å². The van der Waals surface area contributed by atoms with Crippen LogP contribution in [0.5, 0.6) is 5.75 Å². The SMILES string of the molecule is CCOC(=O)c1cc(-c2c(C)nc3c(OCc4c(F)cccc4F)cc(C)cn23)on1. The molecule has 0 amide bonds. The second-order valence-corrected chi connectivity index (χ2v) is 6.91. The Kier molecular flexibility index (Phi) is 5.41. The Bertz CT molecular complexity index is 1260. The number of nitrogens with zero attached hydrogens (tertiary/aromatic N) is 3. The predicted molar refractivity (Wildman–Crippen MR) is 107 cm³/mol. The number of aromatic nitrogens is 3. The van der Waals surface area contributed by atoms with Gasteiger partial charge in [0.15, 0.2) is 22.9 Å². The quantitative estimate of drug-likeness (QED) is 0.417. The molecule has 0 fully saturated rings. The molecule has 0 unspecified atom stereocenters. The number of hydrogen-bond acceptors (Lipinski definition) is 6. The summed E-state index contributed by atoms with van der Waals surface area (Å²) in [6.07, 6.45) is 1.81. The normalized spacial score (nSPS) is 11.1. The van der Waals surface area contributed by atoms with Crippen LogP contribution in [0.2, 0.25) is 0 Å². The average molecular weight is 427 g/mol. The highest BCUT2D eigenvalue weighted by atomic mass is 19.1. The fourth-order valence-electron chi connectivity index (χ4n) is 3.27. The van der Waals surface area contributed by atoms with Gasteiger partial charge in [0.05, 0.1) is 17.9 Å². The lowest BCUT2D eigenvalue weighted by Gasteiger charge is -2.10. The number of imidazole rings is 1. The number of hydrogen-bond donors (Lipinski definition) is 0. The zero-order chi connectivity index (χ0) is 22.1. The number of benzene rings is 1. The molecule has 0 saturated carbocycles. The molecule has 3 heterocycles. The summed E-state index contributed by atoms with van der Waals surface area (Å²) in [7, 11) is 0. The highest BCUT2D eigenvalue weighted by molar-refractivity contribution is 5.88. The van der Waals surface area contributed by atoms with Gasteiger partial charge in [-0.2, -0.15) is 0 Å². The minimum atomic E-state index is -0.683. The van der Waals surface area contributed by atoms with Crippen molar-refractivity contribution in [3.8, 4) is 17.2 Å². The molecule has 0 bridgehead atoms. The summed E-state index contributed by atoms with van der Waals surface area (Å²) >= 11 is 0. The Hall–Kier alpha value is -3.75. The van der Waals surface area contributed by atoms with Crippen LogP contribution >= 0.6 is 0 Å². The Labute approximate surface area is 176 Å². The molecule has 1 aromatic carbocycles. The first kappa shape index (κ1) is 20.5. The van der Waals surface area contributed by atoms with Crippen LogP contribution in [0.1, 0.15) is 34.2 Å². The highest BCUT2D eigenvalue weighted by Crippen LogP contribution is 2.31. The molecule has 0 aliphatic carbocycles. The topological polar surface area (TPSA) is 78.9 Å². The van der Waals surface area contributed by atoms with Crippen LogP contribution in [-0.4, -0.2) is 27.1 Å². The van der Waals surface area contributed by atoms with Gasteiger partial charge in [0.25, 0.3) is 0 Å². The number of esters is 1. The average Bonchev–Trinajstić information content (AvgIpc) is 3.31. The van der Waals surface area contributed by atoms with E-state index in [0.717, 1.165) is 5.56 Å². The van der Waals surface area contributed by atoms with Crippen molar-refractivity contribution in [3.63, 3.8) is 0 Å². The minimum absolute atomic E-state index is 0.0466. The van der Waals surface area contributed by atoms with E-state index in [1.165, 1.54) is 24.3 Å². The van der Waals surface area contributed by atoms with Gasteiger partial charge in [0.1, 0.15) is 23.9 Å². The fourth-order valence-corrected chi connectivity index (χ4v) is 3.27. The number of ether oxygens (including phenoxy) is 2. The molecule has 31 heavy (non-hydrogen) atoms. The van der Waals surface area contributed by atoms with Crippen molar-refractivity contribution in [1.82, 2.24) is 14.5 Å². The Morgan fingerprint density at radius 3 is 2.65 bits per heavy atom. The number of fused-ring (bicyclic) bond motifs is 1. The molecular formula is C22H19F2N3O4. The van der Waals surface area contributed by atoms with Crippen molar-refractivity contribution < 1.29 is 27.6 Å². The second-order valence-electron chi connectivity index (χ2n) is 6.91. The van der Waals surface area contributed by atoms with Gasteiger partial charge in [-0.05, 0) is 44.5 Å². The number of rotatable bonds is 6. The van der Waals surface area contributed by atoms with Crippen LogP contribution in [0.4, 0.5) is 8.78 Å². The van der Waals surface area contributed by atoms with Crippen molar-refractivity contribution in [2.75, 3.05) is 6.61 Å². The van der Waals surface area contributed by atoms with Crippen molar-refractivity contribution in [1.29, 1.82) is 0 Å². The van der Waals surface area contributed by atoms with Crippen LogP contribution in [0.25, 0.3) is 17.1 Å². The Morgan fingerprint density at radius 1 is 1.19 bits per heavy atom. The zero-order valence-corrected chi connectivity index (χ0v) is 17.1. The van der Waals surface area contributed by atoms with Crippen LogP contribution in [0, 0.1) is 25.5 Å². The minimum Gasteiger partial charge on any atom is -0.485 e. The molecule has 0 radical (unpaired) electrons. The summed E-state index contributed by atoms with van der Waals surface area (Å²) in [5.74, 6) is -1.28. The lowest BCUT2D eigenvalue weighted by molar-refractivity contribution is 0.0514. The first-order valence-electron chi connectivity index (χ1n) is 9.58. The third kappa shape index (κ3) is 3.86. The van der Waals surface area contributed by atoms with Crippen LogP contribution in [0.3, 0.4) is 0 Å². The van der Waals surface area contributed by atoms with E-state index in [0.29, 0.717) is 28.5 Å². The number of carbonyl (C=O) groups excluding carboxylic acids is 1. The van der Waals surface area contributed by atoms with E-state index in [2.05, 4.69) is 10.1 Å². The number of aryl methyl sites for hydroxylation is 2. The van der Waals surface area contributed by atoms with E-state index in [1.54, 1.807) is 24.3 Å². The summed E-state index contributed by atoms with van der Waals surface area (Å²) in [5, 5.41) is 3.77. The Morgan fingerprint density at radius 2 is 1.94 bits per heavy atom. The lowest BCUT2D eigenvalue weighted by Crippen LogP contribution is -2.04. The predicted octanol–water partition coefficient (Wildman–Crippen LogP) is 4.64. The van der Waals surface area contributed by atoms with Crippen molar-refractivity contribution in [2.45, 2.75) is 27.4 Å². The molecular weight excluding hydrogens is 408 g/mol. The van der Waals surface area contributed by atoms with Crippen molar-refractivity contribution in [2.24, 2.45) is 0 Å². The van der Waals surface area contributed by atoms with Crippen LogP contribution in [0.15, 0.2) is 41.1 Å². The molecule has 0 N–H and O–H groups in total. The van der Waals surface area contributed by atoms with Crippen molar-refractivity contribution >= 4 is 11.6 Å². The maximum absolute atomic E-state index is 14.0. The molecule has 4 aromatic rings. The standard InChI is InChI=1S/C22H19F2N3O4/c1-4-29-22(28)17-9-18(31-26-17)20-13(3)25-21-19(8-12(2)10-27(20)21)30-11-14-15(23)6-5-7-16(14)24/h5-10H,4,11H2,1-3H3. The van der Waals surface area contributed by atoms with Gasteiger partial charge in [0.2, 0.25) is 0 Å². The Balaban J connectivity index is 1.73. The van der Waals surface area contributed by atoms with E-state index >= 15 is 0 Å². The maximum atomic E-state index is 14.0. The molecule has 7 nitrogen and oxygen atoms in total. The van der Waals surface area contributed by atoms with Gasteiger partial charge in [-0.15, -0.1) is 0 Å². The molecule has 0 atom stereocenters. The molecule has 0 spiro atoms. The molecule has 160 valence electrons. The highest BCUT2D eigenvalue weighted by Gasteiger charge is 2.22. The molecule has 0 saturated heterocycles. The van der Waals surface area contributed by atoms with Gasteiger partial charge in [-0.25, -0.2) is 18.6 Å². The molecule has 9 heteroatoms. The van der Waals surface area contributed by atoms with E-state index in [-0.39, 0.29) is 24.5 Å². The first-order chi connectivity index (χ1) is 14.9. The van der Waals surface area contributed by atoms with E-state index in [9.17, 15) is 13.6 Å². The van der Waals surface area contributed by atoms with Gasteiger partial charge in [-0.3, -0.25) is 4.40 Å². The molecule has 0 aliphatic heterocycles. The molecule has 3 aromatic heterocycles. The summed E-state index contributed by atoms with van der Waals surface area (Å²) in [6.45, 7) is 5.24. The number of halogens is 2. The second kappa shape index (κ2) is 8.17. The number of pyridine rings is 1. The summed E-state index contributed by atoms with van der Waals surface area (Å²) < 4.78 is 45.7. The molecule has 4 rings (SSSR count). The lowest BCUT2D eigenvalue weighted by atomic mass is 10.2. The summed E-state index contributed by atoms with van der Waals surface area (Å²) in [5.41, 5.74) is 2.30. The monoisotopic (exact) mass is 427 g/mol. The maximum Gasteiger partial charge on any atom is 0.360 e. The summed E-state index contributed by atoms with van der Waals surface area (Å²) in [4.78, 5) is 16.4. The third-order valence-corrected chi connectivity index (χ3v) is 4.66. The van der Waals surface area contributed by atoms with Crippen LogP contribution in [-0.2, 0) is 11.3 Å². The smallest absolute Gasteiger partial charge is 0.360 e. The summed E-state index contributed by atoms with van der Waals surface area (Å²) in [6, 6.07) is 6.86. The van der Waals surface area contributed by atoms with Gasteiger partial charge >= 0.3 is 5.97 Å². The van der Waals surface area contributed by atoms with E-state index in [4.69, 9.17) is 14.0 Å². The largest absolute Gasteiger partial charge is 0.485 e. The molecule has 0 aliphatic rings. The van der Waals surface area contributed by atoms with Crippen LogP contribution < -0.4 is 4.74 Å². The first-order valence-corrected chi connectivity index (χ1v) is 9.58. The zero-order valence-electron chi connectivity index (χ0n) is 17.1. The fraction of sp³-hybridized carbons (Fsp3) is 0.227. The van der Waals surface area contributed by atoms with Gasteiger partial charge in [-0.1, -0.05) is 11.2 Å². The number of carbonyl (C=O) groups is 1. The van der Waals surface area contributed by atoms with Crippen molar-refractivity contribution in [3.05, 3.63) is 70.7 Å². The van der Waals surface area contributed by atoms with Gasteiger partial charge < -0.3 is 14.0 Å².